The molecule has 0 spiro atoms. The minimum absolute atomic E-state index is 0.0573. The third-order valence-corrected chi connectivity index (χ3v) is 3.71. The Balaban J connectivity index is 2.60. The summed E-state index contributed by atoms with van der Waals surface area (Å²) in [5, 5.41) is 9.49. The Labute approximate surface area is 112 Å². The fourth-order valence-electron chi connectivity index (χ4n) is 1.72. The molecule has 1 aromatic heterocycles. The summed E-state index contributed by atoms with van der Waals surface area (Å²) >= 11 is 1.28. The van der Waals surface area contributed by atoms with Crippen LogP contribution in [0.1, 0.15) is 19.5 Å². The summed E-state index contributed by atoms with van der Waals surface area (Å²) in [6, 6.07) is 0. The van der Waals surface area contributed by atoms with Crippen LogP contribution >= 0.6 is 11.8 Å². The number of carboxylic acid groups (broad SMARTS) is 1. The van der Waals surface area contributed by atoms with Crippen molar-refractivity contribution in [2.24, 2.45) is 0 Å². The lowest BCUT2D eigenvalue weighted by Crippen LogP contribution is -2.27. The second kappa shape index (κ2) is 7.43. The van der Waals surface area contributed by atoms with E-state index in [1.54, 1.807) is 0 Å². The van der Waals surface area contributed by atoms with Gasteiger partial charge in [-0.2, -0.15) is 0 Å². The van der Waals surface area contributed by atoms with E-state index in [0.29, 0.717) is 0 Å². The first kappa shape index (κ1) is 15.0. The predicted octanol–water partition coefficient (Wildman–Crippen LogP) is 1.71. The number of hydrogen-bond acceptors (Lipinski definition) is 4. The Kier molecular flexibility index (Phi) is 6.21. The normalized spacial score (nSPS) is 11.1. The molecular weight excluding hydrogens is 250 g/mol. The highest BCUT2D eigenvalue weighted by molar-refractivity contribution is 7.99. The lowest BCUT2D eigenvalue weighted by Gasteiger charge is -2.18. The van der Waals surface area contributed by atoms with E-state index in [9.17, 15) is 4.79 Å². The average Bonchev–Trinajstić information content (AvgIpc) is 2.68. The molecule has 1 N–H and O–H groups in total. The lowest BCUT2D eigenvalue weighted by molar-refractivity contribution is -0.133. The molecule has 0 aliphatic carbocycles. The second-order valence-corrected chi connectivity index (χ2v) is 5.01. The van der Waals surface area contributed by atoms with Crippen molar-refractivity contribution in [3.05, 3.63) is 11.9 Å². The molecule has 0 unspecified atom stereocenters. The lowest BCUT2D eigenvalue weighted by atomic mass is 10.4. The number of thioether (sulfide) groups is 1. The summed E-state index contributed by atoms with van der Waals surface area (Å²) in [7, 11) is 0. The predicted molar refractivity (Wildman–Crippen MR) is 73.1 cm³/mol. The highest BCUT2D eigenvalue weighted by Crippen LogP contribution is 2.17. The minimum atomic E-state index is -0.809. The van der Waals surface area contributed by atoms with Gasteiger partial charge in [-0.05, 0) is 20.0 Å². The summed E-state index contributed by atoms with van der Waals surface area (Å²) < 4.78 is 2.04. The average molecular weight is 271 g/mol. The van der Waals surface area contributed by atoms with Crippen molar-refractivity contribution in [1.82, 2.24) is 14.5 Å². The number of carbonyl (C=O) groups is 1. The number of imidazole rings is 1. The van der Waals surface area contributed by atoms with E-state index in [4.69, 9.17) is 5.11 Å². The van der Waals surface area contributed by atoms with Gasteiger partial charge in [0, 0.05) is 19.3 Å². The molecule has 0 amide bonds. The van der Waals surface area contributed by atoms with Crippen LogP contribution in [0.2, 0.25) is 0 Å². The topological polar surface area (TPSA) is 58.4 Å². The fraction of sp³-hybridized carbons (Fsp3) is 0.667. The molecule has 102 valence electrons. The summed E-state index contributed by atoms with van der Waals surface area (Å²) in [6.07, 6.45) is 1.98. The van der Waals surface area contributed by atoms with Crippen LogP contribution in [0.15, 0.2) is 11.4 Å². The van der Waals surface area contributed by atoms with Gasteiger partial charge in [0.05, 0.1) is 11.4 Å². The second-order valence-electron chi connectivity index (χ2n) is 4.07. The Morgan fingerprint density at radius 2 is 2.17 bits per heavy atom. The smallest absolute Gasteiger partial charge is 0.313 e. The van der Waals surface area contributed by atoms with Gasteiger partial charge in [0.15, 0.2) is 5.16 Å². The van der Waals surface area contributed by atoms with E-state index in [1.807, 2.05) is 17.7 Å². The Hall–Kier alpha value is -1.01. The first-order valence-corrected chi connectivity index (χ1v) is 7.16. The molecule has 0 saturated carbocycles. The van der Waals surface area contributed by atoms with Crippen LogP contribution in [-0.4, -0.2) is 50.9 Å². The molecule has 18 heavy (non-hydrogen) atoms. The Morgan fingerprint density at radius 3 is 2.72 bits per heavy atom. The van der Waals surface area contributed by atoms with Crippen LogP contribution < -0.4 is 0 Å². The number of aliphatic carboxylic acids is 1. The van der Waals surface area contributed by atoms with Crippen molar-refractivity contribution >= 4 is 17.7 Å². The van der Waals surface area contributed by atoms with Gasteiger partial charge in [0.2, 0.25) is 0 Å². The highest BCUT2D eigenvalue weighted by Gasteiger charge is 2.09. The van der Waals surface area contributed by atoms with E-state index in [1.165, 1.54) is 11.8 Å². The molecule has 0 aliphatic rings. The van der Waals surface area contributed by atoms with E-state index < -0.39 is 5.97 Å². The summed E-state index contributed by atoms with van der Waals surface area (Å²) in [4.78, 5) is 17.3. The summed E-state index contributed by atoms with van der Waals surface area (Å²) in [6.45, 7) is 10.1. The van der Waals surface area contributed by atoms with E-state index in [2.05, 4.69) is 23.7 Å². The third-order valence-electron chi connectivity index (χ3n) is 2.74. The number of aromatic nitrogens is 2. The number of nitrogens with zero attached hydrogens (tertiary/aromatic N) is 3. The molecule has 6 heteroatoms. The Morgan fingerprint density at radius 1 is 1.50 bits per heavy atom. The molecule has 1 aromatic rings. The maximum absolute atomic E-state index is 10.6. The van der Waals surface area contributed by atoms with Gasteiger partial charge in [-0.15, -0.1) is 0 Å². The van der Waals surface area contributed by atoms with Gasteiger partial charge in [0.1, 0.15) is 0 Å². The van der Waals surface area contributed by atoms with Gasteiger partial charge < -0.3 is 14.6 Å². The molecule has 0 aliphatic heterocycles. The van der Waals surface area contributed by atoms with Crippen molar-refractivity contribution in [3.63, 3.8) is 0 Å². The highest BCUT2D eigenvalue weighted by atomic mass is 32.2. The zero-order chi connectivity index (χ0) is 13.5. The van der Waals surface area contributed by atoms with Crippen LogP contribution in [-0.2, 0) is 11.3 Å². The first-order valence-electron chi connectivity index (χ1n) is 6.17. The number of carboxylic acids is 1. The number of likely N-dealkylation sites (N-methyl/N-ethyl adjacent to an activating group) is 1. The van der Waals surface area contributed by atoms with E-state index >= 15 is 0 Å². The number of aryl methyl sites for hydroxylation is 1. The Bertz CT molecular complexity index is 389. The quantitative estimate of drug-likeness (QED) is 0.729. The van der Waals surface area contributed by atoms with Gasteiger partial charge in [-0.1, -0.05) is 25.6 Å². The van der Waals surface area contributed by atoms with Crippen LogP contribution in [0.25, 0.3) is 0 Å². The van der Waals surface area contributed by atoms with Gasteiger partial charge in [-0.25, -0.2) is 4.98 Å². The largest absolute Gasteiger partial charge is 0.481 e. The first-order chi connectivity index (χ1) is 8.56. The van der Waals surface area contributed by atoms with Crippen molar-refractivity contribution in [2.45, 2.75) is 32.5 Å². The van der Waals surface area contributed by atoms with E-state index in [-0.39, 0.29) is 5.75 Å². The molecule has 0 saturated heterocycles. The monoisotopic (exact) mass is 271 g/mol. The number of rotatable bonds is 8. The van der Waals surface area contributed by atoms with Gasteiger partial charge >= 0.3 is 5.97 Å². The van der Waals surface area contributed by atoms with Crippen molar-refractivity contribution in [1.29, 1.82) is 0 Å². The zero-order valence-electron chi connectivity index (χ0n) is 11.2. The molecule has 0 bridgehead atoms. The fourth-order valence-corrected chi connectivity index (χ4v) is 2.49. The van der Waals surface area contributed by atoms with Crippen LogP contribution in [0.5, 0.6) is 0 Å². The summed E-state index contributed by atoms with van der Waals surface area (Å²) in [5.74, 6) is -0.752. The third kappa shape index (κ3) is 4.70. The van der Waals surface area contributed by atoms with Crippen molar-refractivity contribution < 1.29 is 9.90 Å². The molecule has 0 atom stereocenters. The van der Waals surface area contributed by atoms with Crippen molar-refractivity contribution in [3.8, 4) is 0 Å². The van der Waals surface area contributed by atoms with Crippen LogP contribution in [0.4, 0.5) is 0 Å². The minimum Gasteiger partial charge on any atom is -0.481 e. The standard InChI is InChI=1S/C12H21N3O2S/c1-4-14(5-2)6-7-15-8-10(3)13-12(15)18-9-11(16)17/h8H,4-7,9H2,1-3H3,(H,16,17). The molecule has 0 radical (unpaired) electrons. The molecule has 0 aromatic carbocycles. The SMILES string of the molecule is CCN(CC)CCn1cc(C)nc1SCC(=O)O. The van der Waals surface area contributed by atoms with Gasteiger partial charge in [0.25, 0.3) is 0 Å². The molecule has 1 heterocycles. The maximum atomic E-state index is 10.6. The number of hydrogen-bond donors (Lipinski definition) is 1. The van der Waals surface area contributed by atoms with Crippen molar-refractivity contribution in [2.75, 3.05) is 25.4 Å². The van der Waals surface area contributed by atoms with Crippen LogP contribution in [0, 0.1) is 6.92 Å². The molecule has 1 rings (SSSR count). The molecule has 5 nitrogen and oxygen atoms in total. The van der Waals surface area contributed by atoms with E-state index in [0.717, 1.165) is 37.0 Å². The molecular formula is C12H21N3O2S. The zero-order valence-corrected chi connectivity index (χ0v) is 12.0. The van der Waals surface area contributed by atoms with Crippen LogP contribution in [0.3, 0.4) is 0 Å². The van der Waals surface area contributed by atoms with Gasteiger partial charge in [-0.3, -0.25) is 4.79 Å². The maximum Gasteiger partial charge on any atom is 0.313 e. The molecule has 0 fully saturated rings. The summed E-state index contributed by atoms with van der Waals surface area (Å²) in [5.41, 5.74) is 0.933.